The van der Waals surface area contributed by atoms with Crippen LogP contribution in [0.2, 0.25) is 0 Å². The minimum absolute atomic E-state index is 0.0522. The Hall–Kier alpha value is -1.52. The second-order valence-electron chi connectivity index (χ2n) is 4.12. The normalized spacial score (nSPS) is 16.1. The highest BCUT2D eigenvalue weighted by atomic mass is 79.9. The smallest absolute Gasteiger partial charge is 0.262 e. The first-order chi connectivity index (χ1) is 9.22. The quantitative estimate of drug-likeness (QED) is 0.777. The van der Waals surface area contributed by atoms with E-state index in [2.05, 4.69) is 21.2 Å². The third-order valence-corrected chi connectivity index (χ3v) is 4.32. The van der Waals surface area contributed by atoms with Crippen LogP contribution < -0.4 is 5.32 Å². The number of hydrogen-bond donors (Lipinski definition) is 1. The number of amides is 1. The van der Waals surface area contributed by atoms with Gasteiger partial charge in [-0.2, -0.15) is 0 Å². The van der Waals surface area contributed by atoms with Gasteiger partial charge in [-0.15, -0.1) is 0 Å². The molecule has 0 unspecified atom stereocenters. The highest BCUT2D eigenvalue weighted by Gasteiger charge is 2.20. The van der Waals surface area contributed by atoms with E-state index in [-0.39, 0.29) is 5.91 Å². The van der Waals surface area contributed by atoms with Gasteiger partial charge < -0.3 is 5.32 Å². The van der Waals surface area contributed by atoms with Crippen molar-refractivity contribution in [3.05, 3.63) is 63.5 Å². The van der Waals surface area contributed by atoms with E-state index in [4.69, 9.17) is 0 Å². The fraction of sp³-hybridized carbons (Fsp3) is 0. The zero-order valence-electron chi connectivity index (χ0n) is 9.89. The summed E-state index contributed by atoms with van der Waals surface area (Å²) in [4.78, 5) is 13.8. The van der Waals surface area contributed by atoms with Crippen LogP contribution in [0.1, 0.15) is 5.56 Å². The van der Waals surface area contributed by atoms with E-state index < -0.39 is 0 Å². The van der Waals surface area contributed by atoms with Gasteiger partial charge in [-0.1, -0.05) is 52.0 Å². The zero-order valence-corrected chi connectivity index (χ0v) is 12.3. The number of halogens is 1. The lowest BCUT2D eigenvalue weighted by molar-refractivity contribution is -0.112. The van der Waals surface area contributed by atoms with Crippen molar-refractivity contribution in [2.75, 3.05) is 5.32 Å². The van der Waals surface area contributed by atoms with Crippen molar-refractivity contribution < 1.29 is 4.79 Å². The van der Waals surface area contributed by atoms with Gasteiger partial charge in [0.15, 0.2) is 0 Å². The lowest BCUT2D eigenvalue weighted by Crippen LogP contribution is -2.17. The maximum atomic E-state index is 12.0. The predicted molar refractivity (Wildman–Crippen MR) is 83.0 cm³/mol. The number of hydrogen-bond acceptors (Lipinski definition) is 2. The van der Waals surface area contributed by atoms with Crippen molar-refractivity contribution in [1.82, 2.24) is 0 Å². The molecule has 0 bridgehead atoms. The molecule has 0 aliphatic carbocycles. The van der Waals surface area contributed by atoms with Gasteiger partial charge in [0.1, 0.15) is 0 Å². The fourth-order valence-electron chi connectivity index (χ4n) is 1.85. The van der Waals surface area contributed by atoms with Crippen molar-refractivity contribution in [2.45, 2.75) is 4.90 Å². The molecule has 1 aliphatic heterocycles. The summed E-state index contributed by atoms with van der Waals surface area (Å²) in [5.74, 6) is -0.0522. The SMILES string of the molecule is O=C1Nc2ccccc2SC1=Cc1cccc(Br)c1. The first-order valence-electron chi connectivity index (χ1n) is 5.78. The second kappa shape index (κ2) is 5.23. The number of thioether (sulfide) groups is 1. The molecule has 0 saturated carbocycles. The first kappa shape index (κ1) is 12.5. The summed E-state index contributed by atoms with van der Waals surface area (Å²) in [6, 6.07) is 15.7. The molecule has 0 atom stereocenters. The van der Waals surface area contributed by atoms with Crippen molar-refractivity contribution in [3.63, 3.8) is 0 Å². The van der Waals surface area contributed by atoms with E-state index >= 15 is 0 Å². The van der Waals surface area contributed by atoms with Gasteiger partial charge in [-0.25, -0.2) is 0 Å². The summed E-state index contributed by atoms with van der Waals surface area (Å²) >= 11 is 4.93. The molecule has 0 aromatic heterocycles. The van der Waals surface area contributed by atoms with Crippen LogP contribution in [-0.4, -0.2) is 5.91 Å². The number of anilines is 1. The van der Waals surface area contributed by atoms with Gasteiger partial charge in [0.25, 0.3) is 5.91 Å². The summed E-state index contributed by atoms with van der Waals surface area (Å²) < 4.78 is 1.00. The molecule has 0 spiro atoms. The second-order valence-corrected chi connectivity index (χ2v) is 6.12. The average Bonchev–Trinajstić information content (AvgIpc) is 2.40. The van der Waals surface area contributed by atoms with Crippen LogP contribution in [0.25, 0.3) is 6.08 Å². The number of nitrogens with one attached hydrogen (secondary N) is 1. The summed E-state index contributed by atoms with van der Waals surface area (Å²) in [5.41, 5.74) is 1.88. The number of carbonyl (C=O) groups excluding carboxylic acids is 1. The van der Waals surface area contributed by atoms with E-state index in [0.29, 0.717) is 4.91 Å². The molecule has 0 fully saturated rings. The summed E-state index contributed by atoms with van der Waals surface area (Å²) in [6.07, 6.45) is 1.90. The number of para-hydroxylation sites is 1. The Balaban J connectivity index is 1.96. The van der Waals surface area contributed by atoms with Crippen LogP contribution in [0.3, 0.4) is 0 Å². The maximum absolute atomic E-state index is 12.0. The molecule has 0 radical (unpaired) electrons. The topological polar surface area (TPSA) is 29.1 Å². The molecule has 2 nitrogen and oxygen atoms in total. The molecule has 1 heterocycles. The van der Waals surface area contributed by atoms with Crippen LogP contribution in [0.15, 0.2) is 62.8 Å². The Morgan fingerprint density at radius 2 is 1.95 bits per heavy atom. The molecule has 3 rings (SSSR count). The minimum atomic E-state index is -0.0522. The van der Waals surface area contributed by atoms with E-state index in [1.807, 2.05) is 54.6 Å². The van der Waals surface area contributed by atoms with E-state index in [0.717, 1.165) is 20.6 Å². The third kappa shape index (κ3) is 2.74. The predicted octanol–water partition coefficient (Wildman–Crippen LogP) is 4.53. The maximum Gasteiger partial charge on any atom is 0.262 e. The highest BCUT2D eigenvalue weighted by Crippen LogP contribution is 2.38. The number of fused-ring (bicyclic) bond motifs is 1. The fourth-order valence-corrected chi connectivity index (χ4v) is 3.22. The first-order valence-corrected chi connectivity index (χ1v) is 7.39. The molecular formula is C15H10BrNOS. The Labute approximate surface area is 124 Å². The minimum Gasteiger partial charge on any atom is -0.320 e. The van der Waals surface area contributed by atoms with Crippen LogP contribution >= 0.6 is 27.7 Å². The van der Waals surface area contributed by atoms with E-state index in [1.165, 1.54) is 11.8 Å². The number of rotatable bonds is 1. The number of benzene rings is 2. The van der Waals surface area contributed by atoms with Gasteiger partial charge in [0, 0.05) is 9.37 Å². The monoisotopic (exact) mass is 331 g/mol. The Kier molecular flexibility index (Phi) is 3.44. The van der Waals surface area contributed by atoms with Gasteiger partial charge in [-0.05, 0) is 35.9 Å². The summed E-state index contributed by atoms with van der Waals surface area (Å²) in [7, 11) is 0. The lowest BCUT2D eigenvalue weighted by atomic mass is 10.2. The highest BCUT2D eigenvalue weighted by molar-refractivity contribution is 9.10. The largest absolute Gasteiger partial charge is 0.320 e. The van der Waals surface area contributed by atoms with Crippen LogP contribution in [-0.2, 0) is 4.79 Å². The van der Waals surface area contributed by atoms with Crippen molar-refractivity contribution in [3.8, 4) is 0 Å². The summed E-state index contributed by atoms with van der Waals surface area (Å²) in [6.45, 7) is 0. The Morgan fingerprint density at radius 3 is 2.79 bits per heavy atom. The van der Waals surface area contributed by atoms with Gasteiger partial charge >= 0.3 is 0 Å². The number of carbonyl (C=O) groups is 1. The van der Waals surface area contributed by atoms with Crippen molar-refractivity contribution in [1.29, 1.82) is 0 Å². The van der Waals surface area contributed by atoms with Gasteiger partial charge in [0.2, 0.25) is 0 Å². The molecular weight excluding hydrogens is 322 g/mol. The standard InChI is InChI=1S/C15H10BrNOS/c16-11-5-3-4-10(8-11)9-14-15(18)17-12-6-1-2-7-13(12)19-14/h1-9H,(H,17,18). The summed E-state index contributed by atoms with van der Waals surface area (Å²) in [5, 5.41) is 2.91. The Bertz CT molecular complexity index is 681. The van der Waals surface area contributed by atoms with Crippen LogP contribution in [0, 0.1) is 0 Å². The molecule has 1 aliphatic rings. The molecule has 1 N–H and O–H groups in total. The van der Waals surface area contributed by atoms with Crippen molar-refractivity contribution >= 4 is 45.4 Å². The average molecular weight is 332 g/mol. The molecule has 4 heteroatoms. The third-order valence-electron chi connectivity index (χ3n) is 2.73. The molecule has 1 amide bonds. The molecule has 0 saturated heterocycles. The van der Waals surface area contributed by atoms with Crippen molar-refractivity contribution in [2.24, 2.45) is 0 Å². The Morgan fingerprint density at radius 1 is 1.11 bits per heavy atom. The van der Waals surface area contributed by atoms with E-state index in [9.17, 15) is 4.79 Å². The zero-order chi connectivity index (χ0) is 13.2. The van der Waals surface area contributed by atoms with Gasteiger partial charge in [-0.3, -0.25) is 4.79 Å². The van der Waals surface area contributed by atoms with E-state index in [1.54, 1.807) is 0 Å². The molecule has 2 aromatic rings. The van der Waals surface area contributed by atoms with Crippen LogP contribution in [0.5, 0.6) is 0 Å². The molecule has 19 heavy (non-hydrogen) atoms. The van der Waals surface area contributed by atoms with Gasteiger partial charge in [0.05, 0.1) is 10.6 Å². The molecule has 2 aromatic carbocycles. The van der Waals surface area contributed by atoms with Crippen LogP contribution in [0.4, 0.5) is 5.69 Å². The molecule has 94 valence electrons. The lowest BCUT2D eigenvalue weighted by Gasteiger charge is -2.18.